The molecule has 1 aromatic heterocycles. The Morgan fingerprint density at radius 3 is 2.44 bits per heavy atom. The molecular weight excluding hydrogens is 445 g/mol. The van der Waals surface area contributed by atoms with E-state index in [4.69, 9.17) is 32.9 Å². The zero-order valence-corrected chi connectivity index (χ0v) is 19.0. The molecule has 0 saturated carbocycles. The van der Waals surface area contributed by atoms with Crippen molar-refractivity contribution in [3.63, 3.8) is 0 Å². The van der Waals surface area contributed by atoms with Gasteiger partial charge in [-0.15, -0.1) is 0 Å². The fourth-order valence-electron chi connectivity index (χ4n) is 4.31. The average molecular weight is 466 g/mol. The van der Waals surface area contributed by atoms with Crippen molar-refractivity contribution in [3.05, 3.63) is 88.2 Å². The molecule has 2 heterocycles. The van der Waals surface area contributed by atoms with Crippen molar-refractivity contribution in [2.45, 2.75) is 18.9 Å². The van der Waals surface area contributed by atoms with Crippen LogP contribution >= 0.6 is 23.2 Å². The minimum atomic E-state index is -0.0433. The topological polar surface area (TPSA) is 47.4 Å². The molecule has 1 atom stereocenters. The number of ether oxygens (including phenoxy) is 1. The van der Waals surface area contributed by atoms with Gasteiger partial charge in [0.2, 0.25) is 5.91 Å². The fraction of sp³-hybridized carbons (Fsp3) is 0.200. The number of carbonyl (C=O) groups is 1. The number of nitrogens with zero attached hydrogens (tertiary/aromatic N) is 3. The Morgan fingerprint density at radius 1 is 1.00 bits per heavy atom. The lowest BCUT2D eigenvalue weighted by atomic mass is 10.1. The molecule has 7 heteroatoms. The number of halogens is 2. The highest BCUT2D eigenvalue weighted by atomic mass is 35.5. The first kappa shape index (κ1) is 20.9. The van der Waals surface area contributed by atoms with Crippen LogP contribution in [0.3, 0.4) is 0 Å². The van der Waals surface area contributed by atoms with Crippen LogP contribution in [0.5, 0.6) is 5.75 Å². The van der Waals surface area contributed by atoms with E-state index in [0.29, 0.717) is 29.6 Å². The van der Waals surface area contributed by atoms with Gasteiger partial charge in [-0.3, -0.25) is 4.79 Å². The molecule has 1 saturated heterocycles. The number of aromatic nitrogens is 2. The Morgan fingerprint density at radius 2 is 1.72 bits per heavy atom. The predicted molar refractivity (Wildman–Crippen MR) is 128 cm³/mol. The second-order valence-electron chi connectivity index (χ2n) is 7.85. The highest BCUT2D eigenvalue weighted by molar-refractivity contribution is 6.36. The van der Waals surface area contributed by atoms with E-state index in [2.05, 4.69) is 4.57 Å². The summed E-state index contributed by atoms with van der Waals surface area (Å²) in [5.41, 5.74) is 3.58. The van der Waals surface area contributed by atoms with Gasteiger partial charge in [-0.05, 0) is 48.5 Å². The standard InChI is InChI=1S/C25H21Cl2N3O2/c1-32-18-11-9-17(10-12-18)29-14-16(13-24(29)31)25-28-22-7-2-3-8-23(22)30(25)15-19-20(26)5-4-6-21(19)27/h2-12,16H,13-15H2,1H3. The van der Waals surface area contributed by atoms with Crippen molar-refractivity contribution in [3.8, 4) is 5.75 Å². The molecule has 3 aromatic carbocycles. The van der Waals surface area contributed by atoms with Crippen molar-refractivity contribution in [2.75, 3.05) is 18.6 Å². The molecule has 0 spiro atoms. The van der Waals surface area contributed by atoms with Crippen LogP contribution in [0.2, 0.25) is 10.0 Å². The van der Waals surface area contributed by atoms with Gasteiger partial charge in [-0.2, -0.15) is 0 Å². The normalized spacial score (nSPS) is 16.2. The maximum Gasteiger partial charge on any atom is 0.227 e. The van der Waals surface area contributed by atoms with E-state index >= 15 is 0 Å². The molecule has 5 rings (SSSR count). The van der Waals surface area contributed by atoms with E-state index in [9.17, 15) is 4.79 Å². The van der Waals surface area contributed by atoms with E-state index in [1.54, 1.807) is 7.11 Å². The number of imidazole rings is 1. The van der Waals surface area contributed by atoms with Gasteiger partial charge in [0.25, 0.3) is 0 Å². The van der Waals surface area contributed by atoms with Crippen molar-refractivity contribution in [1.29, 1.82) is 0 Å². The molecule has 1 amide bonds. The summed E-state index contributed by atoms with van der Waals surface area (Å²) in [5.74, 6) is 1.66. The summed E-state index contributed by atoms with van der Waals surface area (Å²) in [4.78, 5) is 19.7. The SMILES string of the molecule is COc1ccc(N2CC(c3nc4ccccc4n3Cc3c(Cl)cccc3Cl)CC2=O)cc1. The molecule has 0 aliphatic carbocycles. The van der Waals surface area contributed by atoms with Gasteiger partial charge in [0.15, 0.2) is 0 Å². The van der Waals surface area contributed by atoms with Gasteiger partial charge in [0.05, 0.1) is 24.7 Å². The maximum absolute atomic E-state index is 12.9. The predicted octanol–water partition coefficient (Wildman–Crippen LogP) is 5.92. The molecule has 0 bridgehead atoms. The van der Waals surface area contributed by atoms with Crippen LogP contribution in [-0.4, -0.2) is 29.1 Å². The third kappa shape index (κ3) is 3.72. The molecule has 1 fully saturated rings. The summed E-state index contributed by atoms with van der Waals surface area (Å²) in [6.07, 6.45) is 0.394. The number of para-hydroxylation sites is 2. The third-order valence-corrected chi connectivity index (χ3v) is 6.64. The Hall–Kier alpha value is -3.02. The first-order valence-electron chi connectivity index (χ1n) is 10.4. The minimum Gasteiger partial charge on any atom is -0.497 e. The summed E-state index contributed by atoms with van der Waals surface area (Å²) in [7, 11) is 1.63. The summed E-state index contributed by atoms with van der Waals surface area (Å²) < 4.78 is 7.37. The van der Waals surface area contributed by atoms with Crippen LogP contribution in [0.25, 0.3) is 11.0 Å². The van der Waals surface area contributed by atoms with Crippen LogP contribution in [0.1, 0.15) is 23.7 Å². The number of hydrogen-bond donors (Lipinski definition) is 0. The molecule has 1 aliphatic heterocycles. The van der Waals surface area contributed by atoms with E-state index in [-0.39, 0.29) is 11.8 Å². The number of hydrogen-bond acceptors (Lipinski definition) is 3. The van der Waals surface area contributed by atoms with E-state index in [0.717, 1.165) is 33.9 Å². The Bertz CT molecular complexity index is 1280. The Labute approximate surface area is 196 Å². The lowest BCUT2D eigenvalue weighted by molar-refractivity contribution is -0.117. The van der Waals surface area contributed by atoms with Gasteiger partial charge >= 0.3 is 0 Å². The number of carbonyl (C=O) groups excluding carboxylic acids is 1. The number of methoxy groups -OCH3 is 1. The maximum atomic E-state index is 12.9. The fourth-order valence-corrected chi connectivity index (χ4v) is 4.82. The third-order valence-electron chi connectivity index (χ3n) is 5.94. The largest absolute Gasteiger partial charge is 0.497 e. The summed E-state index contributed by atoms with van der Waals surface area (Å²) in [5, 5.41) is 1.23. The number of amides is 1. The zero-order chi connectivity index (χ0) is 22.2. The van der Waals surface area contributed by atoms with E-state index in [1.807, 2.05) is 71.6 Å². The van der Waals surface area contributed by atoms with Gasteiger partial charge in [-0.25, -0.2) is 4.98 Å². The molecule has 0 radical (unpaired) electrons. The molecule has 32 heavy (non-hydrogen) atoms. The van der Waals surface area contributed by atoms with Gasteiger partial charge in [-0.1, -0.05) is 41.4 Å². The first-order chi connectivity index (χ1) is 15.5. The first-order valence-corrected chi connectivity index (χ1v) is 11.1. The van der Waals surface area contributed by atoms with Gasteiger partial charge < -0.3 is 14.2 Å². The van der Waals surface area contributed by atoms with Crippen LogP contribution in [0, 0.1) is 0 Å². The number of rotatable bonds is 5. The van der Waals surface area contributed by atoms with Crippen LogP contribution in [-0.2, 0) is 11.3 Å². The van der Waals surface area contributed by atoms with E-state index < -0.39 is 0 Å². The number of benzene rings is 3. The van der Waals surface area contributed by atoms with Crippen LogP contribution < -0.4 is 9.64 Å². The van der Waals surface area contributed by atoms with Gasteiger partial charge in [0.1, 0.15) is 11.6 Å². The van der Waals surface area contributed by atoms with Crippen molar-refractivity contribution >= 4 is 45.8 Å². The van der Waals surface area contributed by atoms with Crippen molar-refractivity contribution < 1.29 is 9.53 Å². The highest BCUT2D eigenvalue weighted by Crippen LogP contribution is 2.35. The molecule has 0 N–H and O–H groups in total. The highest BCUT2D eigenvalue weighted by Gasteiger charge is 2.35. The quantitative estimate of drug-likeness (QED) is 0.367. The molecule has 162 valence electrons. The second kappa shape index (κ2) is 8.49. The van der Waals surface area contributed by atoms with E-state index in [1.165, 1.54) is 0 Å². The number of anilines is 1. The smallest absolute Gasteiger partial charge is 0.227 e. The van der Waals surface area contributed by atoms with Crippen molar-refractivity contribution in [2.24, 2.45) is 0 Å². The molecule has 1 aliphatic rings. The summed E-state index contributed by atoms with van der Waals surface area (Å²) >= 11 is 12.9. The molecular formula is C25H21Cl2N3O2. The Kier molecular flexibility index (Phi) is 5.53. The van der Waals surface area contributed by atoms with Crippen molar-refractivity contribution in [1.82, 2.24) is 9.55 Å². The van der Waals surface area contributed by atoms with Gasteiger partial charge in [0, 0.05) is 40.2 Å². The average Bonchev–Trinajstić information content (AvgIpc) is 3.37. The molecule has 1 unspecified atom stereocenters. The minimum absolute atomic E-state index is 0.0433. The Balaban J connectivity index is 1.53. The second-order valence-corrected chi connectivity index (χ2v) is 8.66. The number of fused-ring (bicyclic) bond motifs is 1. The van der Waals surface area contributed by atoms with Crippen LogP contribution in [0.15, 0.2) is 66.7 Å². The lowest BCUT2D eigenvalue weighted by Crippen LogP contribution is -2.24. The lowest BCUT2D eigenvalue weighted by Gasteiger charge is -2.18. The zero-order valence-electron chi connectivity index (χ0n) is 17.5. The monoisotopic (exact) mass is 465 g/mol. The molecule has 4 aromatic rings. The summed E-state index contributed by atoms with van der Waals surface area (Å²) in [6.45, 7) is 1.05. The van der Waals surface area contributed by atoms with Crippen LogP contribution in [0.4, 0.5) is 5.69 Å². The molecule has 5 nitrogen and oxygen atoms in total. The summed E-state index contributed by atoms with van der Waals surface area (Å²) in [6, 6.07) is 21.0.